The number of carbonyl (C=O) groups excluding carboxylic acids is 1. The predicted molar refractivity (Wildman–Crippen MR) is 95.4 cm³/mol. The Morgan fingerprint density at radius 3 is 2.48 bits per heavy atom. The summed E-state index contributed by atoms with van der Waals surface area (Å²) in [6.07, 6.45) is 3.17. The van der Waals surface area contributed by atoms with E-state index in [1.54, 1.807) is 12.1 Å². The summed E-state index contributed by atoms with van der Waals surface area (Å²) in [5.74, 6) is 2.00. The Hall–Kier alpha value is -2.66. The molecular formula is C19H17ClO5. The number of ether oxygens (including phenoxy) is 4. The van der Waals surface area contributed by atoms with Gasteiger partial charge in [-0.25, -0.2) is 0 Å². The summed E-state index contributed by atoms with van der Waals surface area (Å²) in [5, 5.41) is 0.347. The minimum atomic E-state index is -0.226. The van der Waals surface area contributed by atoms with Crippen LogP contribution in [0.4, 0.5) is 0 Å². The van der Waals surface area contributed by atoms with Gasteiger partial charge in [0.1, 0.15) is 24.7 Å². The third-order valence-electron chi connectivity index (χ3n) is 3.73. The first-order chi connectivity index (χ1) is 12.1. The first kappa shape index (κ1) is 17.2. The molecule has 0 saturated carbocycles. The summed E-state index contributed by atoms with van der Waals surface area (Å²) in [6.45, 7) is 1.05. The maximum Gasteiger partial charge on any atom is 0.189 e. The average Bonchev–Trinajstić information content (AvgIpc) is 2.65. The van der Waals surface area contributed by atoms with Gasteiger partial charge in [0.05, 0.1) is 24.8 Å². The second-order valence-electron chi connectivity index (χ2n) is 5.29. The van der Waals surface area contributed by atoms with Gasteiger partial charge in [-0.05, 0) is 29.8 Å². The summed E-state index contributed by atoms with van der Waals surface area (Å²) in [7, 11) is 2.99. The molecule has 0 amide bonds. The second-order valence-corrected chi connectivity index (χ2v) is 5.69. The minimum Gasteiger partial charge on any atom is -0.496 e. The maximum absolute atomic E-state index is 12.5. The molecule has 1 aliphatic heterocycles. The monoisotopic (exact) mass is 360 g/mol. The molecule has 0 aromatic heterocycles. The standard InChI is InChI=1S/C19H17ClO5/c1-22-17-11-18(23-2)14(20)10-13(17)15(21)5-3-12-4-6-16-19(9-12)25-8-7-24-16/h3-6,9-11H,7-8H2,1-2H3/b5-3+. The molecule has 0 fully saturated rings. The number of ketones is 1. The van der Waals surface area contributed by atoms with E-state index in [1.807, 2.05) is 18.2 Å². The van der Waals surface area contributed by atoms with Gasteiger partial charge in [0.25, 0.3) is 0 Å². The quantitative estimate of drug-likeness (QED) is 0.595. The Morgan fingerprint density at radius 1 is 1.04 bits per heavy atom. The van der Waals surface area contributed by atoms with E-state index in [-0.39, 0.29) is 5.78 Å². The Morgan fingerprint density at radius 2 is 1.76 bits per heavy atom. The van der Waals surface area contributed by atoms with E-state index in [2.05, 4.69) is 0 Å². The second kappa shape index (κ2) is 7.49. The van der Waals surface area contributed by atoms with Crippen molar-refractivity contribution in [1.82, 2.24) is 0 Å². The normalized spacial score (nSPS) is 12.9. The molecule has 3 rings (SSSR count). The molecule has 0 unspecified atom stereocenters. The number of hydrogen-bond acceptors (Lipinski definition) is 5. The molecule has 5 nitrogen and oxygen atoms in total. The first-order valence-corrected chi connectivity index (χ1v) is 8.03. The highest BCUT2D eigenvalue weighted by Gasteiger charge is 2.15. The summed E-state index contributed by atoms with van der Waals surface area (Å²) >= 11 is 6.11. The van der Waals surface area contributed by atoms with Crippen molar-refractivity contribution in [1.29, 1.82) is 0 Å². The Bertz CT molecular complexity index is 829. The molecule has 0 bridgehead atoms. The number of hydrogen-bond donors (Lipinski definition) is 0. The fraction of sp³-hybridized carbons (Fsp3) is 0.211. The lowest BCUT2D eigenvalue weighted by atomic mass is 10.1. The lowest BCUT2D eigenvalue weighted by molar-refractivity contribution is 0.104. The van der Waals surface area contributed by atoms with E-state index in [1.165, 1.54) is 26.4 Å². The zero-order valence-corrected chi connectivity index (χ0v) is 14.6. The van der Waals surface area contributed by atoms with Crippen LogP contribution in [-0.4, -0.2) is 33.2 Å². The SMILES string of the molecule is COc1cc(OC)c(C(=O)/C=C/c2ccc3c(c2)OCCO3)cc1Cl. The summed E-state index contributed by atoms with van der Waals surface area (Å²) in [5.41, 5.74) is 1.19. The van der Waals surface area contributed by atoms with Crippen LogP contribution in [0.2, 0.25) is 5.02 Å². The van der Waals surface area contributed by atoms with Gasteiger partial charge in [0.15, 0.2) is 17.3 Å². The Kier molecular flexibility index (Phi) is 5.14. The van der Waals surface area contributed by atoms with Gasteiger partial charge in [0.2, 0.25) is 0 Å². The highest BCUT2D eigenvalue weighted by molar-refractivity contribution is 6.32. The van der Waals surface area contributed by atoms with Crippen LogP contribution in [0.5, 0.6) is 23.0 Å². The molecule has 0 spiro atoms. The van der Waals surface area contributed by atoms with E-state index >= 15 is 0 Å². The van der Waals surface area contributed by atoms with Gasteiger partial charge in [-0.2, -0.15) is 0 Å². The van der Waals surface area contributed by atoms with Crippen molar-refractivity contribution in [3.63, 3.8) is 0 Å². The van der Waals surface area contributed by atoms with Gasteiger partial charge in [-0.3, -0.25) is 4.79 Å². The lowest BCUT2D eigenvalue weighted by Gasteiger charge is -2.18. The zero-order valence-electron chi connectivity index (χ0n) is 13.9. The molecule has 2 aromatic carbocycles. The summed E-state index contributed by atoms with van der Waals surface area (Å²) in [6, 6.07) is 8.64. The molecule has 6 heteroatoms. The molecular weight excluding hydrogens is 344 g/mol. The average molecular weight is 361 g/mol. The van der Waals surface area contributed by atoms with Crippen LogP contribution < -0.4 is 18.9 Å². The fourth-order valence-corrected chi connectivity index (χ4v) is 2.72. The summed E-state index contributed by atoms with van der Waals surface area (Å²) < 4.78 is 21.4. The number of fused-ring (bicyclic) bond motifs is 1. The van der Waals surface area contributed by atoms with Crippen molar-refractivity contribution in [2.24, 2.45) is 0 Å². The van der Waals surface area contributed by atoms with Gasteiger partial charge in [0, 0.05) is 6.07 Å². The molecule has 130 valence electrons. The van der Waals surface area contributed by atoms with Crippen molar-refractivity contribution in [2.45, 2.75) is 0 Å². The molecule has 0 radical (unpaired) electrons. The van der Waals surface area contributed by atoms with Crippen LogP contribution in [0.3, 0.4) is 0 Å². The number of carbonyl (C=O) groups is 1. The molecule has 1 aliphatic rings. The van der Waals surface area contributed by atoms with E-state index < -0.39 is 0 Å². The van der Waals surface area contributed by atoms with Crippen LogP contribution in [0.15, 0.2) is 36.4 Å². The topological polar surface area (TPSA) is 54.0 Å². The smallest absolute Gasteiger partial charge is 0.189 e. The zero-order chi connectivity index (χ0) is 17.8. The van der Waals surface area contributed by atoms with Crippen molar-refractivity contribution >= 4 is 23.5 Å². The lowest BCUT2D eigenvalue weighted by Crippen LogP contribution is -2.15. The fourth-order valence-electron chi connectivity index (χ4n) is 2.48. The number of allylic oxidation sites excluding steroid dienone is 1. The van der Waals surface area contributed by atoms with Crippen LogP contribution in [0.1, 0.15) is 15.9 Å². The number of benzene rings is 2. The van der Waals surface area contributed by atoms with Crippen molar-refractivity contribution < 1.29 is 23.7 Å². The molecule has 0 saturated heterocycles. The third-order valence-corrected chi connectivity index (χ3v) is 4.03. The van der Waals surface area contributed by atoms with E-state index in [0.29, 0.717) is 46.8 Å². The Balaban J connectivity index is 1.84. The van der Waals surface area contributed by atoms with Gasteiger partial charge in [-0.15, -0.1) is 0 Å². The third kappa shape index (κ3) is 3.72. The molecule has 2 aromatic rings. The van der Waals surface area contributed by atoms with Gasteiger partial charge in [-0.1, -0.05) is 23.7 Å². The molecule has 0 N–H and O–H groups in total. The molecule has 0 atom stereocenters. The van der Waals surface area contributed by atoms with Crippen LogP contribution >= 0.6 is 11.6 Å². The van der Waals surface area contributed by atoms with Crippen LogP contribution in [0.25, 0.3) is 6.08 Å². The van der Waals surface area contributed by atoms with Crippen molar-refractivity contribution in [3.05, 3.63) is 52.6 Å². The van der Waals surface area contributed by atoms with Crippen LogP contribution in [-0.2, 0) is 0 Å². The maximum atomic E-state index is 12.5. The molecule has 0 aliphatic carbocycles. The number of rotatable bonds is 5. The Labute approximate surface area is 150 Å². The largest absolute Gasteiger partial charge is 0.496 e. The van der Waals surface area contributed by atoms with Crippen LogP contribution in [0, 0.1) is 0 Å². The van der Waals surface area contributed by atoms with Gasteiger partial charge < -0.3 is 18.9 Å². The van der Waals surface area contributed by atoms with Crippen molar-refractivity contribution in [2.75, 3.05) is 27.4 Å². The van der Waals surface area contributed by atoms with E-state index in [9.17, 15) is 4.79 Å². The molecule has 25 heavy (non-hydrogen) atoms. The van der Waals surface area contributed by atoms with E-state index in [0.717, 1.165) is 5.56 Å². The minimum absolute atomic E-state index is 0.226. The molecule has 1 heterocycles. The van der Waals surface area contributed by atoms with Crippen molar-refractivity contribution in [3.8, 4) is 23.0 Å². The van der Waals surface area contributed by atoms with E-state index in [4.69, 9.17) is 30.5 Å². The number of methoxy groups -OCH3 is 2. The van der Waals surface area contributed by atoms with Gasteiger partial charge >= 0.3 is 0 Å². The first-order valence-electron chi connectivity index (χ1n) is 7.66. The number of halogens is 1. The summed E-state index contributed by atoms with van der Waals surface area (Å²) in [4.78, 5) is 12.5. The predicted octanol–water partition coefficient (Wildman–Crippen LogP) is 4.02. The highest BCUT2D eigenvalue weighted by Crippen LogP contribution is 2.33. The highest BCUT2D eigenvalue weighted by atomic mass is 35.5.